The zero-order valence-electron chi connectivity index (χ0n) is 21.1. The van der Waals surface area contributed by atoms with Gasteiger partial charge in [-0.15, -0.1) is 0 Å². The Kier molecular flexibility index (Phi) is 6.80. The number of aryl methyl sites for hydroxylation is 2. The molecule has 0 spiro atoms. The Hall–Kier alpha value is -2.53. The number of fused-ring (bicyclic) bond motifs is 1. The molecular formula is C26H32N4O4S2. The molecule has 5 rings (SSSR count). The number of sulfonamides is 1. The van der Waals surface area contributed by atoms with Crippen molar-refractivity contribution in [3.63, 3.8) is 0 Å². The third-order valence-electron chi connectivity index (χ3n) is 7.04. The van der Waals surface area contributed by atoms with Crippen molar-refractivity contribution < 1.29 is 17.9 Å². The second-order valence-electron chi connectivity index (χ2n) is 9.73. The lowest BCUT2D eigenvalue weighted by Gasteiger charge is -2.35. The average Bonchev–Trinajstić information content (AvgIpc) is 3.31. The van der Waals surface area contributed by atoms with E-state index in [2.05, 4.69) is 30.9 Å². The number of benzene rings is 2. The Bertz CT molecular complexity index is 1370. The molecule has 0 bridgehead atoms. The molecule has 2 unspecified atom stereocenters. The van der Waals surface area contributed by atoms with E-state index in [-0.39, 0.29) is 23.0 Å². The highest BCUT2D eigenvalue weighted by Crippen LogP contribution is 2.32. The van der Waals surface area contributed by atoms with E-state index in [1.165, 1.54) is 32.3 Å². The fourth-order valence-corrected chi connectivity index (χ4v) is 7.55. The zero-order valence-corrected chi connectivity index (χ0v) is 22.7. The van der Waals surface area contributed by atoms with Gasteiger partial charge in [0.25, 0.3) is 5.91 Å². The molecule has 1 amide bonds. The summed E-state index contributed by atoms with van der Waals surface area (Å²) in [4.78, 5) is 22.3. The van der Waals surface area contributed by atoms with Crippen molar-refractivity contribution >= 4 is 42.6 Å². The van der Waals surface area contributed by atoms with Gasteiger partial charge in [0, 0.05) is 44.8 Å². The Labute approximate surface area is 216 Å². The maximum atomic E-state index is 13.1. The topological polar surface area (TPSA) is 83.1 Å². The number of thiazole rings is 1. The van der Waals surface area contributed by atoms with Crippen molar-refractivity contribution in [3.8, 4) is 0 Å². The third kappa shape index (κ3) is 4.74. The molecule has 0 aliphatic carbocycles. The van der Waals surface area contributed by atoms with Gasteiger partial charge in [-0.3, -0.25) is 4.79 Å². The molecule has 36 heavy (non-hydrogen) atoms. The average molecular weight is 529 g/mol. The first-order valence-electron chi connectivity index (χ1n) is 12.3. The largest absolute Gasteiger partial charge is 0.373 e. The van der Waals surface area contributed by atoms with Crippen LogP contribution in [0, 0.1) is 13.8 Å². The Morgan fingerprint density at radius 1 is 0.972 bits per heavy atom. The lowest BCUT2D eigenvalue weighted by atomic mass is 10.1. The van der Waals surface area contributed by atoms with Crippen LogP contribution in [-0.2, 0) is 14.8 Å². The van der Waals surface area contributed by atoms with Crippen molar-refractivity contribution in [2.45, 2.75) is 44.8 Å². The molecule has 8 nitrogen and oxygen atoms in total. The van der Waals surface area contributed by atoms with Crippen LogP contribution >= 0.6 is 11.3 Å². The van der Waals surface area contributed by atoms with Crippen molar-refractivity contribution in [2.24, 2.45) is 0 Å². The molecule has 0 N–H and O–H groups in total. The monoisotopic (exact) mass is 528 g/mol. The molecule has 192 valence electrons. The highest BCUT2D eigenvalue weighted by atomic mass is 32.2. The number of amides is 1. The van der Waals surface area contributed by atoms with Gasteiger partial charge in [0.2, 0.25) is 10.0 Å². The summed E-state index contributed by atoms with van der Waals surface area (Å²) >= 11 is 1.69. The van der Waals surface area contributed by atoms with E-state index < -0.39 is 10.0 Å². The minimum atomic E-state index is -3.63. The Morgan fingerprint density at radius 2 is 1.61 bits per heavy atom. The number of hydrogen-bond acceptors (Lipinski definition) is 7. The number of piperazine rings is 1. The molecule has 0 saturated carbocycles. The molecule has 0 radical (unpaired) electrons. The number of morpholine rings is 1. The second-order valence-corrected chi connectivity index (χ2v) is 12.7. The molecule has 10 heteroatoms. The van der Waals surface area contributed by atoms with Crippen LogP contribution in [-0.4, -0.2) is 80.0 Å². The van der Waals surface area contributed by atoms with Gasteiger partial charge < -0.3 is 14.5 Å². The minimum Gasteiger partial charge on any atom is -0.373 e. The van der Waals surface area contributed by atoms with Gasteiger partial charge >= 0.3 is 0 Å². The maximum absolute atomic E-state index is 13.1. The Morgan fingerprint density at radius 3 is 2.25 bits per heavy atom. The number of carbonyl (C=O) groups excluding carboxylic acids is 1. The first-order chi connectivity index (χ1) is 17.1. The van der Waals surface area contributed by atoms with Crippen molar-refractivity contribution in [3.05, 3.63) is 53.1 Å². The van der Waals surface area contributed by atoms with E-state index in [1.54, 1.807) is 23.5 Å². The van der Waals surface area contributed by atoms with Crippen molar-refractivity contribution in [1.82, 2.24) is 14.2 Å². The summed E-state index contributed by atoms with van der Waals surface area (Å²) in [6.07, 6.45) is -0.308. The lowest BCUT2D eigenvalue weighted by molar-refractivity contribution is -0.0440. The maximum Gasteiger partial charge on any atom is 0.253 e. The number of hydrogen-bond donors (Lipinski definition) is 0. The van der Waals surface area contributed by atoms with Gasteiger partial charge in [-0.25, -0.2) is 13.4 Å². The molecule has 2 fully saturated rings. The SMILES string of the molecule is Cc1ccc2sc(N3CCN(C(=O)c4ccc(S(=O)(=O)N5CC(C)OC(C)C5)cc4)CC3)nc2c1C. The third-order valence-corrected chi connectivity index (χ3v) is 9.96. The smallest absolute Gasteiger partial charge is 0.253 e. The highest BCUT2D eigenvalue weighted by molar-refractivity contribution is 7.89. The summed E-state index contributed by atoms with van der Waals surface area (Å²) < 4.78 is 34.5. The predicted molar refractivity (Wildman–Crippen MR) is 142 cm³/mol. The molecule has 3 aromatic rings. The van der Waals surface area contributed by atoms with E-state index in [4.69, 9.17) is 9.72 Å². The number of nitrogens with zero attached hydrogens (tertiary/aromatic N) is 4. The quantitative estimate of drug-likeness (QED) is 0.514. The van der Waals surface area contributed by atoms with Crippen LogP contribution in [0.2, 0.25) is 0 Å². The standard InChI is InChI=1S/C26H32N4O4S2/c1-17-5-10-23-24(20(17)4)27-26(35-23)29-13-11-28(12-14-29)25(31)21-6-8-22(9-7-21)36(32,33)30-15-18(2)34-19(3)16-30/h5-10,18-19H,11-16H2,1-4H3. The molecular weight excluding hydrogens is 496 g/mol. The van der Waals surface area contributed by atoms with Crippen LogP contribution in [0.4, 0.5) is 5.13 Å². The summed E-state index contributed by atoms with van der Waals surface area (Å²) in [6.45, 7) is 11.2. The fraction of sp³-hybridized carbons (Fsp3) is 0.462. The van der Waals surface area contributed by atoms with E-state index in [0.29, 0.717) is 44.8 Å². The van der Waals surface area contributed by atoms with Gasteiger partial charge in [-0.2, -0.15) is 4.31 Å². The molecule has 1 aromatic heterocycles. The lowest BCUT2D eigenvalue weighted by Crippen LogP contribution is -2.48. The van der Waals surface area contributed by atoms with Crippen LogP contribution in [0.1, 0.15) is 35.3 Å². The van der Waals surface area contributed by atoms with E-state index in [1.807, 2.05) is 18.7 Å². The van der Waals surface area contributed by atoms with Gasteiger partial charge in [0.15, 0.2) is 5.13 Å². The number of aromatic nitrogens is 1. The zero-order chi connectivity index (χ0) is 25.6. The Balaban J connectivity index is 1.24. The van der Waals surface area contributed by atoms with Crippen LogP contribution in [0.5, 0.6) is 0 Å². The highest BCUT2D eigenvalue weighted by Gasteiger charge is 2.32. The van der Waals surface area contributed by atoms with E-state index >= 15 is 0 Å². The minimum absolute atomic E-state index is 0.0806. The molecule has 2 saturated heterocycles. The molecule has 2 aliphatic rings. The first-order valence-corrected chi connectivity index (χ1v) is 14.6. The second kappa shape index (κ2) is 9.74. The van der Waals surface area contributed by atoms with Crippen LogP contribution < -0.4 is 4.90 Å². The fourth-order valence-electron chi connectivity index (χ4n) is 4.88. The van der Waals surface area contributed by atoms with E-state index in [0.717, 1.165) is 10.6 Å². The summed E-state index contributed by atoms with van der Waals surface area (Å²) in [7, 11) is -3.63. The van der Waals surface area contributed by atoms with Crippen LogP contribution in [0.15, 0.2) is 41.3 Å². The number of anilines is 1. The van der Waals surface area contributed by atoms with Crippen molar-refractivity contribution in [2.75, 3.05) is 44.2 Å². The van der Waals surface area contributed by atoms with E-state index in [9.17, 15) is 13.2 Å². The van der Waals surface area contributed by atoms with Gasteiger partial charge in [-0.05, 0) is 69.2 Å². The number of ether oxygens (including phenoxy) is 1. The van der Waals surface area contributed by atoms with Crippen molar-refractivity contribution in [1.29, 1.82) is 0 Å². The number of rotatable bonds is 4. The van der Waals surface area contributed by atoms with Gasteiger partial charge in [0.05, 0.1) is 27.3 Å². The van der Waals surface area contributed by atoms with Gasteiger partial charge in [0.1, 0.15) is 0 Å². The summed E-state index contributed by atoms with van der Waals surface area (Å²) in [5.74, 6) is -0.0806. The summed E-state index contributed by atoms with van der Waals surface area (Å²) in [5.41, 5.74) is 4.01. The van der Waals surface area contributed by atoms with Crippen LogP contribution in [0.25, 0.3) is 10.2 Å². The first kappa shape index (κ1) is 25.1. The summed E-state index contributed by atoms with van der Waals surface area (Å²) in [6, 6.07) is 10.6. The summed E-state index contributed by atoms with van der Waals surface area (Å²) in [5, 5.41) is 0.993. The molecule has 2 atom stereocenters. The molecule has 3 heterocycles. The van der Waals surface area contributed by atoms with Crippen LogP contribution in [0.3, 0.4) is 0 Å². The normalized spacial score (nSPS) is 21.8. The molecule has 2 aliphatic heterocycles. The molecule has 2 aromatic carbocycles. The predicted octanol–water partition coefficient (Wildman–Crippen LogP) is 3.67. The number of carbonyl (C=O) groups is 1. The van der Waals surface area contributed by atoms with Gasteiger partial charge in [-0.1, -0.05) is 17.4 Å².